The van der Waals surface area contributed by atoms with Crippen LogP contribution in [0.2, 0.25) is 0 Å². The van der Waals surface area contributed by atoms with E-state index in [0.717, 1.165) is 33.9 Å². The molecule has 7 heteroatoms. The van der Waals surface area contributed by atoms with Gasteiger partial charge in [0.25, 0.3) is 5.91 Å². The molecule has 2 aromatic carbocycles. The molecule has 3 heterocycles. The smallest absolute Gasteiger partial charge is 0.255 e. The molecular formula is C31H26N6O. The summed E-state index contributed by atoms with van der Waals surface area (Å²) in [5.41, 5.74) is 6.70. The van der Waals surface area contributed by atoms with Gasteiger partial charge in [0.15, 0.2) is 0 Å². The van der Waals surface area contributed by atoms with Crippen molar-refractivity contribution >= 4 is 45.4 Å². The number of anilines is 5. The van der Waals surface area contributed by atoms with Crippen LogP contribution in [-0.4, -0.2) is 20.9 Å². The minimum absolute atomic E-state index is 0.194. The lowest BCUT2D eigenvalue weighted by Crippen LogP contribution is -2.55. The molecule has 5 aromatic rings. The van der Waals surface area contributed by atoms with Crippen molar-refractivity contribution in [1.29, 1.82) is 0 Å². The Bertz CT molecular complexity index is 1650. The van der Waals surface area contributed by atoms with Gasteiger partial charge in [-0.25, -0.2) is 4.98 Å². The van der Waals surface area contributed by atoms with Crippen LogP contribution in [0.1, 0.15) is 35.2 Å². The number of carbonyl (C=O) groups is 1. The Kier molecular flexibility index (Phi) is 5.28. The third kappa shape index (κ3) is 4.12. The summed E-state index contributed by atoms with van der Waals surface area (Å²) in [7, 11) is 0. The van der Waals surface area contributed by atoms with Crippen molar-refractivity contribution in [3.63, 3.8) is 0 Å². The third-order valence-electron chi connectivity index (χ3n) is 7.77. The molecule has 2 bridgehead atoms. The van der Waals surface area contributed by atoms with Gasteiger partial charge in [-0.05, 0) is 90.8 Å². The molecule has 38 heavy (non-hydrogen) atoms. The van der Waals surface area contributed by atoms with Crippen LogP contribution >= 0.6 is 0 Å². The number of carbonyl (C=O) groups excluding carboxylic acids is 1. The lowest BCUT2D eigenvalue weighted by molar-refractivity contribution is -0.0272. The number of hydrogen-bond acceptors (Lipinski definition) is 6. The van der Waals surface area contributed by atoms with Crippen LogP contribution in [0, 0.1) is 5.92 Å². The van der Waals surface area contributed by atoms with Crippen molar-refractivity contribution in [2.75, 3.05) is 16.0 Å². The second-order valence-electron chi connectivity index (χ2n) is 10.3. The number of pyridine rings is 3. The topological polar surface area (TPSA) is 91.8 Å². The van der Waals surface area contributed by atoms with Crippen LogP contribution in [0.15, 0.2) is 97.6 Å². The predicted molar refractivity (Wildman–Crippen MR) is 150 cm³/mol. The van der Waals surface area contributed by atoms with Gasteiger partial charge < -0.3 is 16.0 Å². The van der Waals surface area contributed by atoms with Crippen molar-refractivity contribution < 1.29 is 4.79 Å². The first-order valence-electron chi connectivity index (χ1n) is 12.8. The van der Waals surface area contributed by atoms with E-state index in [1.807, 2.05) is 48.7 Å². The number of benzene rings is 2. The maximum absolute atomic E-state index is 13.1. The maximum atomic E-state index is 13.1. The summed E-state index contributed by atoms with van der Waals surface area (Å²) in [5, 5.41) is 10.8. The maximum Gasteiger partial charge on any atom is 0.255 e. The molecule has 8 rings (SSSR count). The van der Waals surface area contributed by atoms with E-state index < -0.39 is 0 Å². The van der Waals surface area contributed by atoms with Gasteiger partial charge in [0.1, 0.15) is 5.82 Å². The second kappa shape index (κ2) is 8.95. The molecule has 0 atom stereocenters. The number of hydrogen-bond donors (Lipinski definition) is 3. The van der Waals surface area contributed by atoms with Gasteiger partial charge in [-0.2, -0.15) is 0 Å². The minimum Gasteiger partial charge on any atom is -0.355 e. The highest BCUT2D eigenvalue weighted by Gasteiger charge is 2.57. The number of nitrogens with zero attached hydrogens (tertiary/aromatic N) is 3. The molecule has 3 N–H and O–H groups in total. The molecular weight excluding hydrogens is 472 g/mol. The summed E-state index contributed by atoms with van der Waals surface area (Å²) in [4.78, 5) is 26.0. The fourth-order valence-corrected chi connectivity index (χ4v) is 5.67. The zero-order valence-corrected chi connectivity index (χ0v) is 20.7. The molecule has 3 saturated carbocycles. The highest BCUT2D eigenvalue weighted by atomic mass is 16.1. The predicted octanol–water partition coefficient (Wildman–Crippen LogP) is 6.82. The SMILES string of the molecule is O=C(Nc1ccnc(Nc2ccncc2)c1)c1cccc(Nc2ccnc3ccc(C45CC(C4)C5)cc23)c1. The summed E-state index contributed by atoms with van der Waals surface area (Å²) in [6.45, 7) is 0. The number of aromatic nitrogens is 3. The lowest BCUT2D eigenvalue weighted by atomic mass is 9.42. The Morgan fingerprint density at radius 3 is 2.39 bits per heavy atom. The van der Waals surface area contributed by atoms with Crippen LogP contribution < -0.4 is 16.0 Å². The van der Waals surface area contributed by atoms with E-state index in [1.54, 1.807) is 30.7 Å². The van der Waals surface area contributed by atoms with E-state index in [-0.39, 0.29) is 5.91 Å². The van der Waals surface area contributed by atoms with Gasteiger partial charge >= 0.3 is 0 Å². The first-order chi connectivity index (χ1) is 18.6. The molecule has 3 fully saturated rings. The minimum atomic E-state index is -0.194. The molecule has 0 saturated heterocycles. The number of fused-ring (bicyclic) bond motifs is 1. The zero-order chi connectivity index (χ0) is 25.5. The van der Waals surface area contributed by atoms with Crippen molar-refractivity contribution in [1.82, 2.24) is 15.0 Å². The first-order valence-corrected chi connectivity index (χ1v) is 12.8. The molecule has 3 aromatic heterocycles. The highest BCUT2D eigenvalue weighted by Crippen LogP contribution is 2.65. The van der Waals surface area contributed by atoms with Crippen LogP contribution in [0.4, 0.5) is 28.6 Å². The average Bonchev–Trinajstić information content (AvgIpc) is 2.88. The Morgan fingerprint density at radius 2 is 1.58 bits per heavy atom. The van der Waals surface area contributed by atoms with E-state index in [2.05, 4.69) is 49.1 Å². The number of rotatable bonds is 7. The Morgan fingerprint density at radius 1 is 0.763 bits per heavy atom. The van der Waals surface area contributed by atoms with Crippen molar-refractivity contribution in [3.05, 3.63) is 109 Å². The molecule has 0 spiro atoms. The highest BCUT2D eigenvalue weighted by molar-refractivity contribution is 6.05. The fraction of sp³-hybridized carbons (Fsp3) is 0.161. The van der Waals surface area contributed by atoms with Crippen molar-refractivity contribution in [2.45, 2.75) is 24.7 Å². The molecule has 1 amide bonds. The Hall–Kier alpha value is -4.78. The summed E-state index contributed by atoms with van der Waals surface area (Å²) >= 11 is 0. The molecule has 7 nitrogen and oxygen atoms in total. The third-order valence-corrected chi connectivity index (χ3v) is 7.77. The molecule has 3 aliphatic carbocycles. The van der Waals surface area contributed by atoms with E-state index in [1.165, 1.54) is 24.8 Å². The van der Waals surface area contributed by atoms with Crippen LogP contribution in [0.25, 0.3) is 10.9 Å². The van der Waals surface area contributed by atoms with Crippen molar-refractivity contribution in [2.24, 2.45) is 5.92 Å². The molecule has 186 valence electrons. The number of nitrogens with one attached hydrogen (secondary N) is 3. The van der Waals surface area contributed by atoms with E-state index in [0.29, 0.717) is 22.5 Å². The largest absolute Gasteiger partial charge is 0.355 e. The first kappa shape index (κ1) is 22.4. The zero-order valence-electron chi connectivity index (χ0n) is 20.7. The standard InChI is InChI=1S/C31H26N6O/c38-30(37-25-8-12-34-29(16-25)36-23-6-10-32-11-7-23)21-2-1-3-24(14-21)35-28-9-13-33-27-5-4-22(15-26(27)28)31-17-20(18-31)19-31/h1-16,20H,17-19H2,(H,33,35)(H2,32,34,36,37,38). The van der Waals surface area contributed by atoms with Gasteiger partial charge in [-0.15, -0.1) is 0 Å². The number of amides is 1. The Balaban J connectivity index is 1.09. The van der Waals surface area contributed by atoms with Crippen LogP contribution in [0.3, 0.4) is 0 Å². The van der Waals surface area contributed by atoms with Crippen LogP contribution in [0.5, 0.6) is 0 Å². The monoisotopic (exact) mass is 498 g/mol. The average molecular weight is 499 g/mol. The summed E-state index contributed by atoms with van der Waals surface area (Å²) in [6, 6.07) is 23.5. The van der Waals surface area contributed by atoms with Gasteiger partial charge in [0, 0.05) is 64.6 Å². The normalized spacial score (nSPS) is 19.2. The van der Waals surface area contributed by atoms with Gasteiger partial charge in [-0.1, -0.05) is 12.1 Å². The molecule has 0 unspecified atom stereocenters. The summed E-state index contributed by atoms with van der Waals surface area (Å²) in [6.07, 6.45) is 10.8. The van der Waals surface area contributed by atoms with E-state index >= 15 is 0 Å². The molecule has 3 aliphatic rings. The van der Waals surface area contributed by atoms with Gasteiger partial charge in [0.05, 0.1) is 5.52 Å². The van der Waals surface area contributed by atoms with Gasteiger partial charge in [-0.3, -0.25) is 14.8 Å². The lowest BCUT2D eigenvalue weighted by Gasteiger charge is -2.62. The summed E-state index contributed by atoms with van der Waals surface area (Å²) in [5.74, 6) is 1.37. The molecule has 0 aliphatic heterocycles. The van der Waals surface area contributed by atoms with E-state index in [4.69, 9.17) is 0 Å². The fourth-order valence-electron chi connectivity index (χ4n) is 5.67. The second-order valence-corrected chi connectivity index (χ2v) is 10.3. The Labute approximate surface area is 220 Å². The van der Waals surface area contributed by atoms with Gasteiger partial charge in [0.2, 0.25) is 0 Å². The van der Waals surface area contributed by atoms with Crippen LogP contribution in [-0.2, 0) is 5.41 Å². The quantitative estimate of drug-likeness (QED) is 0.228. The summed E-state index contributed by atoms with van der Waals surface area (Å²) < 4.78 is 0. The van der Waals surface area contributed by atoms with Crippen molar-refractivity contribution in [3.8, 4) is 0 Å². The molecule has 0 radical (unpaired) electrons. The van der Waals surface area contributed by atoms with E-state index in [9.17, 15) is 4.79 Å².